The summed E-state index contributed by atoms with van der Waals surface area (Å²) in [5.74, 6) is 1.50. The Bertz CT molecular complexity index is 821. The second kappa shape index (κ2) is 16.6. The lowest BCUT2D eigenvalue weighted by atomic mass is 10.1. The Morgan fingerprint density at radius 3 is 1.28 bits per heavy atom. The Kier molecular flexibility index (Phi) is 13.5. The molecule has 0 aromatic heterocycles. The highest BCUT2D eigenvalue weighted by Crippen LogP contribution is 2.16. The van der Waals surface area contributed by atoms with Gasteiger partial charge in [0.25, 0.3) is 11.8 Å². The van der Waals surface area contributed by atoms with Crippen molar-refractivity contribution in [1.82, 2.24) is 10.6 Å². The van der Waals surface area contributed by atoms with Gasteiger partial charge in [-0.25, -0.2) is 0 Å². The number of hydrogen-bond donors (Lipinski definition) is 2. The zero-order valence-electron chi connectivity index (χ0n) is 22.5. The van der Waals surface area contributed by atoms with E-state index in [1.54, 1.807) is 0 Å². The number of rotatable bonds is 17. The summed E-state index contributed by atoms with van der Waals surface area (Å²) in [6.07, 6.45) is 8.59. The molecule has 2 rings (SSSR count). The molecule has 2 unspecified atom stereocenters. The van der Waals surface area contributed by atoms with Crippen LogP contribution >= 0.6 is 0 Å². The minimum Gasteiger partial charge on any atom is -0.491 e. The molecule has 2 aromatic rings. The summed E-state index contributed by atoms with van der Waals surface area (Å²) >= 11 is 0. The highest BCUT2D eigenvalue weighted by Gasteiger charge is 2.08. The van der Waals surface area contributed by atoms with Gasteiger partial charge >= 0.3 is 0 Å². The molecular formula is C30H44N2O4. The largest absolute Gasteiger partial charge is 0.491 e. The van der Waals surface area contributed by atoms with E-state index >= 15 is 0 Å². The molecule has 0 saturated carbocycles. The molecule has 0 heterocycles. The van der Waals surface area contributed by atoms with Crippen molar-refractivity contribution in [3.63, 3.8) is 0 Å². The van der Waals surface area contributed by atoms with Crippen LogP contribution in [0.1, 0.15) is 99.8 Å². The summed E-state index contributed by atoms with van der Waals surface area (Å²) in [6, 6.07) is 14.6. The van der Waals surface area contributed by atoms with E-state index < -0.39 is 0 Å². The molecule has 0 fully saturated rings. The second-order valence-electron chi connectivity index (χ2n) is 9.36. The van der Waals surface area contributed by atoms with E-state index in [2.05, 4.69) is 24.5 Å². The third-order valence-electron chi connectivity index (χ3n) is 6.23. The Balaban J connectivity index is 1.49. The average Bonchev–Trinajstić information content (AvgIpc) is 2.90. The number of benzene rings is 2. The van der Waals surface area contributed by atoms with Crippen molar-refractivity contribution < 1.29 is 19.1 Å². The molecule has 36 heavy (non-hydrogen) atoms. The number of nitrogens with one attached hydrogen (secondary N) is 2. The predicted molar refractivity (Wildman–Crippen MR) is 146 cm³/mol. The summed E-state index contributed by atoms with van der Waals surface area (Å²) in [5, 5.41) is 5.98. The van der Waals surface area contributed by atoms with E-state index in [-0.39, 0.29) is 24.0 Å². The molecule has 0 aliphatic heterocycles. The van der Waals surface area contributed by atoms with Gasteiger partial charge in [0.05, 0.1) is 12.2 Å². The van der Waals surface area contributed by atoms with Gasteiger partial charge in [0, 0.05) is 24.2 Å². The molecular weight excluding hydrogens is 452 g/mol. The Hall–Kier alpha value is -3.02. The van der Waals surface area contributed by atoms with Crippen molar-refractivity contribution in [2.75, 3.05) is 13.1 Å². The highest BCUT2D eigenvalue weighted by molar-refractivity contribution is 5.94. The minimum absolute atomic E-state index is 0.0430. The number of carbonyl (C=O) groups is 2. The first-order valence-electron chi connectivity index (χ1n) is 13.5. The number of hydrogen-bond acceptors (Lipinski definition) is 4. The molecule has 2 N–H and O–H groups in total. The van der Waals surface area contributed by atoms with E-state index in [1.807, 2.05) is 62.4 Å². The van der Waals surface area contributed by atoms with Gasteiger partial charge in [0.1, 0.15) is 11.5 Å². The molecule has 2 atom stereocenters. The van der Waals surface area contributed by atoms with E-state index in [0.717, 1.165) is 62.9 Å². The smallest absolute Gasteiger partial charge is 0.251 e. The fraction of sp³-hybridized carbons (Fsp3) is 0.533. The van der Waals surface area contributed by atoms with Crippen molar-refractivity contribution in [3.05, 3.63) is 59.7 Å². The molecule has 2 amide bonds. The van der Waals surface area contributed by atoms with Crippen LogP contribution in [0.3, 0.4) is 0 Å². The van der Waals surface area contributed by atoms with Crippen molar-refractivity contribution in [1.29, 1.82) is 0 Å². The maximum Gasteiger partial charge on any atom is 0.251 e. The van der Waals surface area contributed by atoms with Crippen molar-refractivity contribution >= 4 is 11.8 Å². The van der Waals surface area contributed by atoms with Crippen LogP contribution in [0.25, 0.3) is 0 Å². The van der Waals surface area contributed by atoms with Crippen molar-refractivity contribution in [3.8, 4) is 11.5 Å². The average molecular weight is 497 g/mol. The summed E-state index contributed by atoms with van der Waals surface area (Å²) in [6.45, 7) is 9.59. The fourth-order valence-corrected chi connectivity index (χ4v) is 3.57. The number of unbranched alkanes of at least 4 members (excludes halogenated alkanes) is 5. The van der Waals surface area contributed by atoms with Gasteiger partial charge in [0.2, 0.25) is 0 Å². The first kappa shape index (κ1) is 29.2. The van der Waals surface area contributed by atoms with Crippen molar-refractivity contribution in [2.24, 2.45) is 0 Å². The molecule has 0 aliphatic rings. The maximum atomic E-state index is 12.3. The Morgan fingerprint density at radius 1 is 0.611 bits per heavy atom. The number of ether oxygens (including phenoxy) is 2. The SMILES string of the molecule is CCC(C)Oc1ccc(C(=O)NCCCCCCCCNC(=O)c2ccc(OC(C)CC)cc2)cc1. The normalized spacial score (nSPS) is 12.4. The zero-order valence-corrected chi connectivity index (χ0v) is 22.5. The molecule has 6 nitrogen and oxygen atoms in total. The molecule has 0 radical (unpaired) electrons. The topological polar surface area (TPSA) is 76.7 Å². The summed E-state index contributed by atoms with van der Waals surface area (Å²) in [4.78, 5) is 24.6. The molecule has 0 aliphatic carbocycles. The highest BCUT2D eigenvalue weighted by atomic mass is 16.5. The van der Waals surface area contributed by atoms with Gasteiger partial charge in [-0.15, -0.1) is 0 Å². The van der Waals surface area contributed by atoms with Gasteiger partial charge in [0.15, 0.2) is 0 Å². The van der Waals surface area contributed by atoms with Crippen LogP contribution < -0.4 is 20.1 Å². The van der Waals surface area contributed by atoms with E-state index in [9.17, 15) is 9.59 Å². The lowest BCUT2D eigenvalue weighted by Gasteiger charge is -2.12. The van der Waals surface area contributed by atoms with Gasteiger partial charge in [-0.1, -0.05) is 39.5 Å². The standard InChI is InChI=1S/C30H44N2O4/c1-5-23(3)35-27-17-13-25(14-18-27)29(33)31-21-11-9-7-8-10-12-22-32-30(34)26-15-19-28(20-16-26)36-24(4)6-2/h13-20,23-24H,5-12,21-22H2,1-4H3,(H,31,33)(H,32,34). The van der Waals surface area contributed by atoms with Crippen LogP contribution in [0, 0.1) is 0 Å². The van der Waals surface area contributed by atoms with E-state index in [4.69, 9.17) is 9.47 Å². The third kappa shape index (κ3) is 11.1. The predicted octanol–water partition coefficient (Wildman–Crippen LogP) is 6.54. The monoisotopic (exact) mass is 496 g/mol. The molecule has 6 heteroatoms. The first-order valence-corrected chi connectivity index (χ1v) is 13.5. The molecule has 198 valence electrons. The summed E-state index contributed by atoms with van der Waals surface area (Å²) < 4.78 is 11.5. The van der Waals surface area contributed by atoms with Crippen LogP contribution in [0.4, 0.5) is 0 Å². The fourth-order valence-electron chi connectivity index (χ4n) is 3.57. The van der Waals surface area contributed by atoms with Crippen LogP contribution in [0.2, 0.25) is 0 Å². The van der Waals surface area contributed by atoms with Crippen LogP contribution in [0.5, 0.6) is 11.5 Å². The van der Waals surface area contributed by atoms with Crippen molar-refractivity contribution in [2.45, 2.75) is 91.3 Å². The second-order valence-corrected chi connectivity index (χ2v) is 9.36. The Labute approximate surface area is 217 Å². The molecule has 0 spiro atoms. The summed E-state index contributed by atoms with van der Waals surface area (Å²) in [5.41, 5.74) is 1.31. The zero-order chi connectivity index (χ0) is 26.2. The van der Waals surface area contributed by atoms with Gasteiger partial charge < -0.3 is 20.1 Å². The van der Waals surface area contributed by atoms with Gasteiger partial charge in [-0.05, 0) is 88.1 Å². The Morgan fingerprint density at radius 2 is 0.944 bits per heavy atom. The van der Waals surface area contributed by atoms with Gasteiger partial charge in [-0.2, -0.15) is 0 Å². The molecule has 0 saturated heterocycles. The van der Waals surface area contributed by atoms with Crippen LogP contribution in [0.15, 0.2) is 48.5 Å². The first-order chi connectivity index (χ1) is 17.4. The lowest BCUT2D eigenvalue weighted by molar-refractivity contribution is 0.0944. The van der Waals surface area contributed by atoms with Crippen LogP contribution in [-0.2, 0) is 0 Å². The third-order valence-corrected chi connectivity index (χ3v) is 6.23. The van der Waals surface area contributed by atoms with E-state index in [0.29, 0.717) is 24.2 Å². The molecule has 2 aromatic carbocycles. The van der Waals surface area contributed by atoms with E-state index in [1.165, 1.54) is 0 Å². The van der Waals surface area contributed by atoms with Gasteiger partial charge in [-0.3, -0.25) is 9.59 Å². The number of amides is 2. The van der Waals surface area contributed by atoms with Crippen LogP contribution in [-0.4, -0.2) is 37.1 Å². The lowest BCUT2D eigenvalue weighted by Crippen LogP contribution is -2.24. The maximum absolute atomic E-state index is 12.3. The molecule has 0 bridgehead atoms. The summed E-state index contributed by atoms with van der Waals surface area (Å²) in [7, 11) is 0. The number of carbonyl (C=O) groups excluding carboxylic acids is 2. The quantitative estimate of drug-likeness (QED) is 0.244. The minimum atomic E-state index is -0.0430.